The maximum atomic E-state index is 5.77. The number of rotatable bonds is 5. The highest BCUT2D eigenvalue weighted by atomic mass is 16.5. The number of pyridine rings is 1. The predicted octanol–water partition coefficient (Wildman–Crippen LogP) is 0.683. The number of piperidine rings is 1. The van der Waals surface area contributed by atoms with Gasteiger partial charge in [-0.2, -0.15) is 19.7 Å². The number of aromatic nitrogens is 8. The van der Waals surface area contributed by atoms with Gasteiger partial charge in [0.25, 0.3) is 0 Å². The van der Waals surface area contributed by atoms with Crippen LogP contribution in [0.4, 0.5) is 0 Å². The maximum absolute atomic E-state index is 5.77. The van der Waals surface area contributed by atoms with E-state index in [0.717, 1.165) is 18.5 Å². The number of ether oxygens (including phenoxy) is 1. The maximum Gasteiger partial charge on any atom is 0.157 e. The molecule has 1 unspecified atom stereocenters. The molecule has 134 valence electrons. The van der Waals surface area contributed by atoms with Crippen LogP contribution in [0.25, 0.3) is 5.82 Å². The van der Waals surface area contributed by atoms with Crippen molar-refractivity contribution in [2.75, 3.05) is 0 Å². The van der Waals surface area contributed by atoms with Crippen molar-refractivity contribution in [3.8, 4) is 11.6 Å². The summed E-state index contributed by atoms with van der Waals surface area (Å²) in [7, 11) is 0. The second kappa shape index (κ2) is 6.45. The minimum absolute atomic E-state index is 0.365. The SMILES string of the molecule is c1cc(-n2cnnn2)ncc1OCc1cnn(C2C[C@H]3CC[C@@H](C2)N3)n1. The Morgan fingerprint density at radius 1 is 1.15 bits per heavy atom. The van der Waals surface area contributed by atoms with E-state index in [4.69, 9.17) is 4.74 Å². The summed E-state index contributed by atoms with van der Waals surface area (Å²) in [5.41, 5.74) is 0.820. The Kier molecular flexibility index (Phi) is 3.81. The largest absolute Gasteiger partial charge is 0.486 e. The first-order valence-electron chi connectivity index (χ1n) is 8.82. The van der Waals surface area contributed by atoms with Gasteiger partial charge in [0.15, 0.2) is 5.82 Å². The zero-order valence-electron chi connectivity index (χ0n) is 14.1. The zero-order valence-corrected chi connectivity index (χ0v) is 14.1. The standard InChI is InChI=1S/C16H19N9O/c1-2-12-6-14(5-11(1)20-12)25-19-7-13(21-25)9-26-15-3-4-16(17-8-15)24-10-18-22-23-24/h3-4,7-8,10-12,14,20H,1-2,5-6,9H2/t11-,12+,14?. The molecule has 3 atom stereocenters. The topological polar surface area (TPSA) is 108 Å². The Morgan fingerprint density at radius 3 is 2.77 bits per heavy atom. The van der Waals surface area contributed by atoms with E-state index in [-0.39, 0.29) is 0 Å². The molecule has 2 aliphatic heterocycles. The monoisotopic (exact) mass is 353 g/mol. The molecule has 0 radical (unpaired) electrons. The van der Waals surface area contributed by atoms with E-state index in [1.165, 1.54) is 23.9 Å². The first-order chi connectivity index (χ1) is 12.8. The fourth-order valence-electron chi connectivity index (χ4n) is 3.78. The minimum Gasteiger partial charge on any atom is -0.486 e. The summed E-state index contributed by atoms with van der Waals surface area (Å²) in [6.07, 6.45) is 9.67. The lowest BCUT2D eigenvalue weighted by molar-refractivity contribution is 0.255. The van der Waals surface area contributed by atoms with Crippen LogP contribution in [0.2, 0.25) is 0 Å². The van der Waals surface area contributed by atoms with Gasteiger partial charge in [0.05, 0.1) is 18.4 Å². The smallest absolute Gasteiger partial charge is 0.157 e. The molecule has 3 aromatic heterocycles. The van der Waals surface area contributed by atoms with E-state index in [1.54, 1.807) is 18.5 Å². The van der Waals surface area contributed by atoms with Gasteiger partial charge >= 0.3 is 0 Å². The van der Waals surface area contributed by atoms with Crippen LogP contribution in [-0.2, 0) is 6.61 Å². The van der Waals surface area contributed by atoms with Crippen LogP contribution in [0.5, 0.6) is 5.75 Å². The molecule has 2 saturated heterocycles. The molecule has 10 nitrogen and oxygen atoms in total. The van der Waals surface area contributed by atoms with E-state index in [1.807, 2.05) is 10.9 Å². The van der Waals surface area contributed by atoms with Gasteiger partial charge in [-0.05, 0) is 48.2 Å². The second-order valence-electron chi connectivity index (χ2n) is 6.81. The summed E-state index contributed by atoms with van der Waals surface area (Å²) in [5.74, 6) is 1.30. The van der Waals surface area contributed by atoms with E-state index in [9.17, 15) is 0 Å². The quantitative estimate of drug-likeness (QED) is 0.713. The van der Waals surface area contributed by atoms with Crippen LogP contribution < -0.4 is 10.1 Å². The van der Waals surface area contributed by atoms with Crippen molar-refractivity contribution in [2.24, 2.45) is 0 Å². The summed E-state index contributed by atoms with van der Waals surface area (Å²) in [6, 6.07) is 5.26. The summed E-state index contributed by atoms with van der Waals surface area (Å²) < 4.78 is 7.26. The molecule has 26 heavy (non-hydrogen) atoms. The normalized spacial score (nSPS) is 24.7. The lowest BCUT2D eigenvalue weighted by Gasteiger charge is -2.28. The van der Waals surface area contributed by atoms with Gasteiger partial charge in [-0.15, -0.1) is 5.10 Å². The zero-order chi connectivity index (χ0) is 17.3. The molecule has 5 heterocycles. The molecular weight excluding hydrogens is 334 g/mol. The second-order valence-corrected chi connectivity index (χ2v) is 6.81. The Balaban J connectivity index is 1.20. The summed E-state index contributed by atoms with van der Waals surface area (Å²) in [5, 5.41) is 23.7. The third kappa shape index (κ3) is 3.03. The molecule has 2 fully saturated rings. The van der Waals surface area contributed by atoms with Gasteiger partial charge in [-0.1, -0.05) is 0 Å². The molecule has 0 aliphatic carbocycles. The number of fused-ring (bicyclic) bond motifs is 2. The summed E-state index contributed by atoms with van der Waals surface area (Å²) >= 11 is 0. The van der Waals surface area contributed by atoms with E-state index < -0.39 is 0 Å². The van der Waals surface area contributed by atoms with Crippen LogP contribution in [0.3, 0.4) is 0 Å². The van der Waals surface area contributed by atoms with Crippen LogP contribution in [0.15, 0.2) is 30.9 Å². The fourth-order valence-corrected chi connectivity index (χ4v) is 3.78. The van der Waals surface area contributed by atoms with Crippen molar-refractivity contribution in [3.63, 3.8) is 0 Å². The average Bonchev–Trinajstić information content (AvgIpc) is 3.42. The van der Waals surface area contributed by atoms with Crippen molar-refractivity contribution in [1.29, 1.82) is 0 Å². The van der Waals surface area contributed by atoms with Gasteiger partial charge in [0.2, 0.25) is 0 Å². The van der Waals surface area contributed by atoms with Crippen molar-refractivity contribution in [3.05, 3.63) is 36.5 Å². The highest BCUT2D eigenvalue weighted by molar-refractivity contribution is 5.27. The van der Waals surface area contributed by atoms with Crippen molar-refractivity contribution >= 4 is 0 Å². The molecule has 0 saturated carbocycles. The number of nitrogens with zero attached hydrogens (tertiary/aromatic N) is 8. The first kappa shape index (κ1) is 15.4. The van der Waals surface area contributed by atoms with Crippen LogP contribution in [0.1, 0.15) is 37.4 Å². The van der Waals surface area contributed by atoms with E-state index >= 15 is 0 Å². The van der Waals surface area contributed by atoms with Gasteiger partial charge in [-0.3, -0.25) is 0 Å². The molecule has 0 spiro atoms. The van der Waals surface area contributed by atoms with Gasteiger partial charge in [0, 0.05) is 12.1 Å². The Labute approximate surface area is 149 Å². The Hall–Kier alpha value is -2.88. The van der Waals surface area contributed by atoms with Gasteiger partial charge in [-0.25, -0.2) is 4.98 Å². The molecule has 2 aliphatic rings. The van der Waals surface area contributed by atoms with Crippen molar-refractivity contribution in [2.45, 2.75) is 50.4 Å². The highest BCUT2D eigenvalue weighted by Crippen LogP contribution is 2.33. The lowest BCUT2D eigenvalue weighted by Crippen LogP contribution is -2.39. The van der Waals surface area contributed by atoms with Crippen molar-refractivity contribution in [1.82, 2.24) is 45.5 Å². The molecule has 5 rings (SSSR count). The molecule has 0 aromatic carbocycles. The molecule has 3 aromatic rings. The molecular formula is C16H19N9O. The summed E-state index contributed by atoms with van der Waals surface area (Å²) in [4.78, 5) is 6.15. The first-order valence-corrected chi connectivity index (χ1v) is 8.82. The third-order valence-corrected chi connectivity index (χ3v) is 5.02. The van der Waals surface area contributed by atoms with E-state index in [2.05, 4.69) is 36.0 Å². The van der Waals surface area contributed by atoms with Gasteiger partial charge < -0.3 is 10.1 Å². The van der Waals surface area contributed by atoms with Crippen LogP contribution >= 0.6 is 0 Å². The molecule has 0 amide bonds. The summed E-state index contributed by atoms with van der Waals surface area (Å²) in [6.45, 7) is 0.365. The van der Waals surface area contributed by atoms with Crippen molar-refractivity contribution < 1.29 is 4.74 Å². The molecule has 2 bridgehead atoms. The van der Waals surface area contributed by atoms with E-state index in [0.29, 0.717) is 36.3 Å². The van der Waals surface area contributed by atoms with Crippen LogP contribution in [-0.4, -0.2) is 52.3 Å². The lowest BCUT2D eigenvalue weighted by atomic mass is 10.0. The highest BCUT2D eigenvalue weighted by Gasteiger charge is 2.35. The number of hydrogen-bond acceptors (Lipinski definition) is 8. The Morgan fingerprint density at radius 2 is 2.04 bits per heavy atom. The number of tetrazole rings is 1. The molecule has 1 N–H and O–H groups in total. The molecule has 10 heteroatoms. The van der Waals surface area contributed by atoms with Gasteiger partial charge in [0.1, 0.15) is 24.4 Å². The average molecular weight is 353 g/mol. The Bertz CT molecular complexity index is 848. The predicted molar refractivity (Wildman–Crippen MR) is 89.5 cm³/mol. The van der Waals surface area contributed by atoms with Crippen LogP contribution in [0, 0.1) is 0 Å². The number of nitrogens with one attached hydrogen (secondary N) is 1. The third-order valence-electron chi connectivity index (χ3n) is 5.02. The fraction of sp³-hybridized carbons (Fsp3) is 0.500. The number of hydrogen-bond donors (Lipinski definition) is 1. The minimum atomic E-state index is 0.365.